The molecule has 1 unspecified atom stereocenters. The Balaban J connectivity index is 1.63. The Hall–Kier alpha value is -3.89. The van der Waals surface area contributed by atoms with Gasteiger partial charge in [-0.3, -0.25) is 15.1 Å². The van der Waals surface area contributed by atoms with E-state index >= 15 is 4.39 Å². The second-order valence-corrected chi connectivity index (χ2v) is 15.2. The van der Waals surface area contributed by atoms with Crippen molar-refractivity contribution >= 4 is 33.3 Å². The van der Waals surface area contributed by atoms with Crippen molar-refractivity contribution in [1.29, 1.82) is 0 Å². The monoisotopic (exact) mass is 660 g/mol. The first-order valence-electron chi connectivity index (χ1n) is 13.7. The number of halogens is 5. The number of ether oxygens (including phenoxy) is 2. The number of fused-ring (bicyclic) bond motifs is 1. The summed E-state index contributed by atoms with van der Waals surface area (Å²) < 4.78 is 94.0. The molecule has 4 rings (SSSR count). The largest absolute Gasteiger partial charge is 0.470 e. The van der Waals surface area contributed by atoms with Crippen molar-refractivity contribution in [3.8, 4) is 5.88 Å². The SMILES string of the molecule is CC(C)(C)OC(=O)NC1=N[C@](C)(c2cc(NC(=O)c3cnc(OCC(F)(F)C(F)F)cn3)ccc2F)[C@@H]2CCN=S2(=O)C1(C)C. The highest BCUT2D eigenvalue weighted by molar-refractivity contribution is 7.96. The number of hydrogen-bond acceptors (Lipinski definition) is 9. The molecule has 0 bridgehead atoms. The van der Waals surface area contributed by atoms with Crippen molar-refractivity contribution in [2.75, 3.05) is 18.5 Å². The van der Waals surface area contributed by atoms with Gasteiger partial charge in [0, 0.05) is 17.8 Å². The molecule has 1 aromatic carbocycles. The smallest absolute Gasteiger partial charge is 0.413 e. The molecule has 3 atom stereocenters. The van der Waals surface area contributed by atoms with E-state index in [1.807, 2.05) is 0 Å². The summed E-state index contributed by atoms with van der Waals surface area (Å²) in [5, 5.41) is 4.37. The van der Waals surface area contributed by atoms with Gasteiger partial charge in [-0.1, -0.05) is 0 Å². The lowest BCUT2D eigenvalue weighted by Gasteiger charge is -2.45. The minimum Gasteiger partial charge on any atom is -0.470 e. The Labute approximate surface area is 256 Å². The van der Waals surface area contributed by atoms with Gasteiger partial charge in [0.25, 0.3) is 5.91 Å². The Morgan fingerprint density at radius 1 is 1.11 bits per heavy atom. The molecule has 2 aliphatic rings. The van der Waals surface area contributed by atoms with Crippen LogP contribution in [0.25, 0.3) is 0 Å². The molecule has 0 radical (unpaired) electrons. The summed E-state index contributed by atoms with van der Waals surface area (Å²) >= 11 is 0. The number of alkyl carbamates (subject to hydrolysis) is 1. The van der Waals surface area contributed by atoms with Crippen molar-refractivity contribution in [3.63, 3.8) is 0 Å². The number of aromatic nitrogens is 2. The number of amidine groups is 1. The number of rotatable bonds is 7. The number of anilines is 1. The van der Waals surface area contributed by atoms with Gasteiger partial charge in [0.15, 0.2) is 6.61 Å². The zero-order valence-corrected chi connectivity index (χ0v) is 26.1. The van der Waals surface area contributed by atoms with Gasteiger partial charge < -0.3 is 14.8 Å². The number of amides is 2. The summed E-state index contributed by atoms with van der Waals surface area (Å²) in [4.78, 5) is 37.8. The summed E-state index contributed by atoms with van der Waals surface area (Å²) in [6.07, 6.45) is -2.75. The Bertz CT molecular complexity index is 1640. The van der Waals surface area contributed by atoms with Crippen molar-refractivity contribution in [3.05, 3.63) is 47.7 Å². The quantitative estimate of drug-likeness (QED) is 0.383. The third-order valence-corrected chi connectivity index (χ3v) is 11.0. The van der Waals surface area contributed by atoms with Crippen LogP contribution in [0.1, 0.15) is 64.0 Å². The van der Waals surface area contributed by atoms with Gasteiger partial charge in [-0.05, 0) is 66.2 Å². The van der Waals surface area contributed by atoms with Crippen LogP contribution in [0.3, 0.4) is 0 Å². The third-order valence-electron chi connectivity index (χ3n) is 7.31. The normalized spacial score (nSPS) is 24.3. The fraction of sp³-hybridized carbons (Fsp3) is 0.536. The van der Waals surface area contributed by atoms with Crippen molar-refractivity contribution in [1.82, 2.24) is 15.3 Å². The summed E-state index contributed by atoms with van der Waals surface area (Å²) in [5.74, 6) is -6.45. The molecule has 2 amide bonds. The molecule has 17 heteroatoms. The summed E-state index contributed by atoms with van der Waals surface area (Å²) in [7, 11) is -3.14. The lowest BCUT2D eigenvalue weighted by Crippen LogP contribution is -2.60. The molecule has 2 N–H and O–H groups in total. The number of nitrogens with one attached hydrogen (secondary N) is 2. The maximum atomic E-state index is 15.5. The molecule has 2 aliphatic heterocycles. The highest BCUT2D eigenvalue weighted by Crippen LogP contribution is 2.48. The number of nitrogens with zero attached hydrogens (tertiary/aromatic N) is 4. The standard InChI is InChI=1S/C28H33F5N6O5S/c1-25(2,3)44-24(41)38-23-26(4,5)45(42)19(9-10-36-45)27(6,39-23)16-11-15(7-8-17(16)29)37-21(40)18-12-35-20(13-34-18)43-14-28(32,33)22(30)31/h7-8,11-13,19,22H,9-10,14H2,1-6H3,(H,37,40)(H,38,39,41)/t19-,27+,45?/m0/s1. The van der Waals surface area contributed by atoms with Crippen LogP contribution in [0.4, 0.5) is 32.4 Å². The molecule has 2 aromatic rings. The zero-order valence-electron chi connectivity index (χ0n) is 25.3. The lowest BCUT2D eigenvalue weighted by molar-refractivity contribution is -0.148. The Kier molecular flexibility index (Phi) is 8.91. The highest BCUT2D eigenvalue weighted by atomic mass is 32.2. The number of carbonyl (C=O) groups is 2. The topological polar surface area (TPSA) is 144 Å². The van der Waals surface area contributed by atoms with Gasteiger partial charge in [-0.25, -0.2) is 36.5 Å². The van der Waals surface area contributed by atoms with Gasteiger partial charge in [0.1, 0.15) is 33.2 Å². The number of hydrogen-bond donors (Lipinski definition) is 2. The minimum absolute atomic E-state index is 0.00360. The number of alkyl halides is 4. The van der Waals surface area contributed by atoms with E-state index in [1.165, 1.54) is 12.1 Å². The molecule has 1 aromatic heterocycles. The Morgan fingerprint density at radius 3 is 2.40 bits per heavy atom. The van der Waals surface area contributed by atoms with Gasteiger partial charge in [0.2, 0.25) is 5.88 Å². The fourth-order valence-electron chi connectivity index (χ4n) is 4.98. The van der Waals surface area contributed by atoms with Crippen LogP contribution in [0.5, 0.6) is 5.88 Å². The molecule has 0 saturated heterocycles. The number of carbonyl (C=O) groups excluding carboxylic acids is 2. The summed E-state index contributed by atoms with van der Waals surface area (Å²) in [5.41, 5.74) is -2.56. The first-order chi connectivity index (χ1) is 20.7. The van der Waals surface area contributed by atoms with Crippen LogP contribution in [0, 0.1) is 5.82 Å². The van der Waals surface area contributed by atoms with E-state index < -0.39 is 73.5 Å². The lowest BCUT2D eigenvalue weighted by atomic mass is 9.85. The predicted octanol–water partition coefficient (Wildman–Crippen LogP) is 5.32. The average molecular weight is 661 g/mol. The van der Waals surface area contributed by atoms with Crippen LogP contribution in [-0.4, -0.2) is 73.1 Å². The fourth-order valence-corrected chi connectivity index (χ4v) is 8.17. The Morgan fingerprint density at radius 2 is 1.80 bits per heavy atom. The molecule has 3 heterocycles. The van der Waals surface area contributed by atoms with E-state index in [0.717, 1.165) is 18.5 Å². The zero-order chi connectivity index (χ0) is 33.6. The molecule has 0 aliphatic carbocycles. The second kappa shape index (κ2) is 11.8. The first-order valence-corrected chi connectivity index (χ1v) is 15.3. The van der Waals surface area contributed by atoms with E-state index in [-0.39, 0.29) is 29.3 Å². The molecule has 0 fully saturated rings. The van der Waals surface area contributed by atoms with Crippen LogP contribution < -0.4 is 15.4 Å². The van der Waals surface area contributed by atoms with Crippen LogP contribution in [0.2, 0.25) is 0 Å². The third kappa shape index (κ3) is 6.72. The van der Waals surface area contributed by atoms with Crippen molar-refractivity contribution in [2.45, 2.75) is 81.4 Å². The van der Waals surface area contributed by atoms with E-state index in [2.05, 4.69) is 29.7 Å². The van der Waals surface area contributed by atoms with E-state index in [9.17, 15) is 31.4 Å². The van der Waals surface area contributed by atoms with Crippen molar-refractivity contribution in [2.24, 2.45) is 9.36 Å². The molecule has 246 valence electrons. The summed E-state index contributed by atoms with van der Waals surface area (Å²) in [6, 6.07) is 3.67. The predicted molar refractivity (Wildman–Crippen MR) is 155 cm³/mol. The maximum absolute atomic E-state index is 15.5. The van der Waals surface area contributed by atoms with Crippen molar-refractivity contribution < 1.29 is 45.2 Å². The van der Waals surface area contributed by atoms with E-state index in [1.54, 1.807) is 41.5 Å². The number of aliphatic imine (C=N–C) groups is 1. The molecule has 45 heavy (non-hydrogen) atoms. The molecular formula is C28H33F5N6O5S. The van der Waals surface area contributed by atoms with Crippen LogP contribution in [-0.2, 0) is 20.0 Å². The molecule has 0 saturated carbocycles. The summed E-state index contributed by atoms with van der Waals surface area (Å²) in [6.45, 7) is 8.47. The second-order valence-electron chi connectivity index (χ2n) is 12.2. The van der Waals surface area contributed by atoms with Gasteiger partial charge in [-0.15, -0.1) is 0 Å². The molecule has 0 spiro atoms. The highest BCUT2D eigenvalue weighted by Gasteiger charge is 2.58. The van der Waals surface area contributed by atoms with E-state index in [0.29, 0.717) is 6.42 Å². The molecule has 11 nitrogen and oxygen atoms in total. The van der Waals surface area contributed by atoms with E-state index in [4.69, 9.17) is 9.73 Å². The number of benzene rings is 1. The van der Waals surface area contributed by atoms with Gasteiger partial charge in [0.05, 0.1) is 27.4 Å². The first kappa shape index (κ1) is 34.0. The van der Waals surface area contributed by atoms with Crippen LogP contribution >= 0.6 is 0 Å². The van der Waals surface area contributed by atoms with Gasteiger partial charge >= 0.3 is 18.4 Å². The molecular weight excluding hydrogens is 627 g/mol. The maximum Gasteiger partial charge on any atom is 0.413 e. The van der Waals surface area contributed by atoms with Crippen LogP contribution in [0.15, 0.2) is 39.9 Å². The minimum atomic E-state index is -4.40. The average Bonchev–Trinajstić information content (AvgIpc) is 3.35. The van der Waals surface area contributed by atoms with Gasteiger partial charge in [-0.2, -0.15) is 8.78 Å².